The van der Waals surface area contributed by atoms with Crippen LogP contribution in [0.2, 0.25) is 0 Å². The fourth-order valence-corrected chi connectivity index (χ4v) is 3.05. The Morgan fingerprint density at radius 3 is 2.64 bits per heavy atom. The molecule has 3 N–H and O–H groups in total. The van der Waals surface area contributed by atoms with Gasteiger partial charge >= 0.3 is 7.60 Å². The zero-order valence-corrected chi connectivity index (χ0v) is 15.5. The van der Waals surface area contributed by atoms with Gasteiger partial charge in [0.05, 0.1) is 0 Å². The number of oxazole rings is 1. The molecule has 0 aliphatic rings. The van der Waals surface area contributed by atoms with E-state index in [0.717, 1.165) is 0 Å². The van der Waals surface area contributed by atoms with Crippen molar-refractivity contribution in [2.45, 2.75) is 0 Å². The van der Waals surface area contributed by atoms with Gasteiger partial charge in [0.15, 0.2) is 5.11 Å². The molecule has 8 nitrogen and oxygen atoms in total. The normalized spacial score (nSPS) is 11.0. The Hall–Kier alpha value is -2.19. The molecule has 0 aliphatic carbocycles. The molecule has 0 atom stereocenters. The van der Waals surface area contributed by atoms with E-state index in [2.05, 4.69) is 27.7 Å². The molecule has 0 saturated carbocycles. The fourth-order valence-electron chi connectivity index (χ4n) is 1.85. The van der Waals surface area contributed by atoms with Gasteiger partial charge in [-0.15, -0.1) is 6.58 Å². The van der Waals surface area contributed by atoms with Crippen LogP contribution in [0, 0.1) is 0 Å². The third-order valence-corrected chi connectivity index (χ3v) is 5.10. The van der Waals surface area contributed by atoms with Crippen molar-refractivity contribution >= 4 is 36.2 Å². The second kappa shape index (κ2) is 8.77. The molecule has 0 spiro atoms. The highest BCUT2D eigenvalue weighted by Gasteiger charge is 2.34. The molecule has 1 heterocycles. The molecular weight excluding hydrogens is 363 g/mol. The van der Waals surface area contributed by atoms with E-state index < -0.39 is 7.60 Å². The molecule has 2 rings (SSSR count). The van der Waals surface area contributed by atoms with Crippen LogP contribution in [0.3, 0.4) is 0 Å². The quantitative estimate of drug-likeness (QED) is 0.275. The van der Waals surface area contributed by atoms with Crippen LogP contribution < -0.4 is 21.6 Å². The van der Waals surface area contributed by atoms with Crippen molar-refractivity contribution < 1.29 is 18.0 Å². The lowest BCUT2D eigenvalue weighted by atomic mass is 10.2. The molecule has 1 aromatic carbocycles. The smallest absolute Gasteiger partial charge is 0.384 e. The lowest BCUT2D eigenvalue weighted by molar-refractivity contribution is 0.286. The van der Waals surface area contributed by atoms with E-state index in [-0.39, 0.29) is 17.2 Å². The molecule has 1 aromatic heterocycles. The van der Waals surface area contributed by atoms with Crippen LogP contribution in [0.5, 0.6) is 0 Å². The lowest BCUT2D eigenvalue weighted by Gasteiger charge is -2.13. The lowest BCUT2D eigenvalue weighted by Crippen LogP contribution is -2.39. The number of aromatic nitrogens is 1. The molecule has 0 bridgehead atoms. The van der Waals surface area contributed by atoms with Crippen molar-refractivity contribution in [1.82, 2.24) is 15.7 Å². The van der Waals surface area contributed by atoms with Crippen molar-refractivity contribution in [3.05, 3.63) is 43.0 Å². The van der Waals surface area contributed by atoms with Gasteiger partial charge in [-0.25, -0.2) is 0 Å². The van der Waals surface area contributed by atoms with Gasteiger partial charge in [0, 0.05) is 26.3 Å². The van der Waals surface area contributed by atoms with Crippen LogP contribution in [-0.4, -0.2) is 30.9 Å². The minimum atomic E-state index is -3.64. The SMILES string of the molecule is C=CCNC(=S)NNc1oc(-c2ccccc2)nc1P(=O)(OC)OC. The Morgan fingerprint density at radius 2 is 2.04 bits per heavy atom. The molecule has 10 heteroatoms. The van der Waals surface area contributed by atoms with Crippen LogP contribution in [0.15, 0.2) is 47.4 Å². The minimum Gasteiger partial charge on any atom is -0.418 e. The summed E-state index contributed by atoms with van der Waals surface area (Å²) in [6, 6.07) is 9.17. The van der Waals surface area contributed by atoms with E-state index in [1.54, 1.807) is 6.08 Å². The highest BCUT2D eigenvalue weighted by molar-refractivity contribution is 7.80. The molecular formula is C15H19N4O4PS. The fraction of sp³-hybridized carbons (Fsp3) is 0.200. The summed E-state index contributed by atoms with van der Waals surface area (Å²) in [7, 11) is -1.09. The van der Waals surface area contributed by atoms with Gasteiger partial charge in [0.1, 0.15) is 0 Å². The maximum Gasteiger partial charge on any atom is 0.384 e. The van der Waals surface area contributed by atoms with Gasteiger partial charge in [-0.3, -0.25) is 15.4 Å². The first kappa shape index (κ1) is 19.1. The minimum absolute atomic E-state index is 0.00961. The summed E-state index contributed by atoms with van der Waals surface area (Å²) >= 11 is 5.09. The molecule has 0 aliphatic heterocycles. The van der Waals surface area contributed by atoms with Gasteiger partial charge in [-0.05, 0) is 24.4 Å². The van der Waals surface area contributed by atoms with Crippen LogP contribution in [0.4, 0.5) is 5.88 Å². The number of hydrogen-bond donors (Lipinski definition) is 3. The van der Waals surface area contributed by atoms with Crippen LogP contribution in [0.1, 0.15) is 0 Å². The van der Waals surface area contributed by atoms with Crippen LogP contribution in [-0.2, 0) is 13.6 Å². The number of anilines is 1. The molecule has 0 unspecified atom stereocenters. The second-order valence-electron chi connectivity index (χ2n) is 4.65. The Bertz CT molecular complexity index is 773. The molecule has 25 heavy (non-hydrogen) atoms. The summed E-state index contributed by atoms with van der Waals surface area (Å²) in [6.07, 6.45) is 1.66. The third kappa shape index (κ3) is 4.67. The highest BCUT2D eigenvalue weighted by Crippen LogP contribution is 2.47. The number of hydrogen-bond acceptors (Lipinski definition) is 7. The van der Waals surface area contributed by atoms with Crippen molar-refractivity contribution in [2.24, 2.45) is 0 Å². The number of thiocarbonyl (C=S) groups is 1. The van der Waals surface area contributed by atoms with Gasteiger partial charge in [0.25, 0.3) is 0 Å². The summed E-state index contributed by atoms with van der Waals surface area (Å²) in [6.45, 7) is 4.07. The first-order valence-corrected chi connectivity index (χ1v) is 9.18. The number of benzene rings is 1. The average molecular weight is 382 g/mol. The van der Waals surface area contributed by atoms with Gasteiger partial charge in [-0.2, -0.15) is 4.98 Å². The standard InChI is InChI=1S/C15H19N4O4PS/c1-4-10-16-15(25)19-18-13-14(24(20,21-2)22-3)17-12(23-13)11-8-6-5-7-9-11/h4-9,18H,1,10H2,2-3H3,(H2,16,19,25). The molecule has 134 valence electrons. The molecule has 0 fully saturated rings. The summed E-state index contributed by atoms with van der Waals surface area (Å²) in [4.78, 5) is 4.27. The molecule has 0 saturated heterocycles. The third-order valence-electron chi connectivity index (χ3n) is 3.07. The Balaban J connectivity index is 2.32. The summed E-state index contributed by atoms with van der Waals surface area (Å²) in [5.74, 6) is 0.341. The Labute approximate surface area is 151 Å². The van der Waals surface area contributed by atoms with E-state index in [0.29, 0.717) is 17.2 Å². The summed E-state index contributed by atoms with van der Waals surface area (Å²) in [5.41, 5.74) is 6.17. The first-order chi connectivity index (χ1) is 12.0. The topological polar surface area (TPSA) is 97.7 Å². The predicted octanol–water partition coefficient (Wildman–Crippen LogP) is 2.43. The van der Waals surface area contributed by atoms with Crippen molar-refractivity contribution in [2.75, 3.05) is 26.2 Å². The highest BCUT2D eigenvalue weighted by atomic mass is 32.1. The number of hydrazine groups is 1. The van der Waals surface area contributed by atoms with Crippen LogP contribution >= 0.6 is 19.8 Å². The van der Waals surface area contributed by atoms with Crippen molar-refractivity contribution in [3.63, 3.8) is 0 Å². The van der Waals surface area contributed by atoms with E-state index in [4.69, 9.17) is 25.7 Å². The number of nitrogens with zero attached hydrogens (tertiary/aromatic N) is 1. The maximum atomic E-state index is 12.7. The Morgan fingerprint density at radius 1 is 1.36 bits per heavy atom. The van der Waals surface area contributed by atoms with E-state index >= 15 is 0 Å². The monoisotopic (exact) mass is 382 g/mol. The summed E-state index contributed by atoms with van der Waals surface area (Å²) in [5, 5.41) is 3.17. The van der Waals surface area contributed by atoms with Gasteiger partial charge in [0.2, 0.25) is 17.2 Å². The Kier molecular flexibility index (Phi) is 6.72. The van der Waals surface area contributed by atoms with E-state index in [9.17, 15) is 4.57 Å². The number of nitrogens with one attached hydrogen (secondary N) is 3. The largest absolute Gasteiger partial charge is 0.418 e. The molecule has 0 amide bonds. The van der Waals surface area contributed by atoms with E-state index in [1.165, 1.54) is 14.2 Å². The average Bonchev–Trinajstić information content (AvgIpc) is 3.09. The van der Waals surface area contributed by atoms with Gasteiger partial charge < -0.3 is 18.8 Å². The first-order valence-electron chi connectivity index (χ1n) is 7.23. The summed E-state index contributed by atoms with van der Waals surface area (Å²) < 4.78 is 28.5. The zero-order chi connectivity index (χ0) is 18.3. The second-order valence-corrected chi connectivity index (χ2v) is 7.21. The van der Waals surface area contributed by atoms with Crippen molar-refractivity contribution in [1.29, 1.82) is 0 Å². The number of rotatable bonds is 8. The molecule has 0 radical (unpaired) electrons. The van der Waals surface area contributed by atoms with E-state index in [1.807, 2.05) is 30.3 Å². The van der Waals surface area contributed by atoms with Gasteiger partial charge in [-0.1, -0.05) is 24.3 Å². The van der Waals surface area contributed by atoms with Crippen molar-refractivity contribution in [3.8, 4) is 11.5 Å². The predicted molar refractivity (Wildman–Crippen MR) is 101 cm³/mol. The maximum absolute atomic E-state index is 12.7. The van der Waals surface area contributed by atoms with Crippen LogP contribution in [0.25, 0.3) is 11.5 Å². The molecule has 2 aromatic rings. The zero-order valence-electron chi connectivity index (χ0n) is 13.8.